The molecule has 39 heavy (non-hydrogen) atoms. The van der Waals surface area contributed by atoms with Crippen LogP contribution < -0.4 is 11.1 Å². The van der Waals surface area contributed by atoms with Gasteiger partial charge in [-0.2, -0.15) is 0 Å². The molecule has 2 fully saturated rings. The Morgan fingerprint density at radius 3 is 2.49 bits per heavy atom. The average molecular weight is 544 g/mol. The number of amides is 3. The number of carbonyl (C=O) groups is 5. The number of ether oxygens (including phenoxy) is 1. The topological polar surface area (TPSA) is 202 Å². The van der Waals surface area contributed by atoms with E-state index in [1.54, 1.807) is 0 Å². The Bertz CT molecular complexity index is 1260. The van der Waals surface area contributed by atoms with E-state index < -0.39 is 52.7 Å². The number of aliphatic hydroxyl groups is 1. The lowest BCUT2D eigenvalue weighted by Crippen LogP contribution is -2.63. The smallest absolute Gasteiger partial charge is 0.362 e. The summed E-state index contributed by atoms with van der Waals surface area (Å²) in [7, 11) is 0. The highest BCUT2D eigenvalue weighted by Gasteiger charge is 2.60. The van der Waals surface area contributed by atoms with Crippen molar-refractivity contribution < 1.29 is 38.7 Å². The number of hydrogen-bond acceptors (Lipinski definition) is 10. The molecule has 0 aliphatic carbocycles. The largest absolute Gasteiger partial charge is 0.393 e. The zero-order valence-corrected chi connectivity index (χ0v) is 21.4. The number of esters is 2. The molecule has 14 nitrogen and oxygen atoms in total. The molecule has 3 aliphatic rings. The number of nitro benzene ring substituents is 1. The van der Waals surface area contributed by atoms with E-state index in [1.165, 1.54) is 11.8 Å². The van der Waals surface area contributed by atoms with Gasteiger partial charge >= 0.3 is 11.9 Å². The van der Waals surface area contributed by atoms with Gasteiger partial charge in [0.2, 0.25) is 17.7 Å². The zero-order valence-electron chi connectivity index (χ0n) is 21.4. The maximum atomic E-state index is 13.3. The molecule has 3 heterocycles. The fraction of sp³-hybridized carbons (Fsp3) is 0.480. The normalized spacial score (nSPS) is 25.1. The number of rotatable bonds is 9. The quantitative estimate of drug-likeness (QED) is 0.118. The number of nitrogens with one attached hydrogen (secondary N) is 1. The lowest BCUT2D eigenvalue weighted by atomic mass is 9.77. The number of aliphatic hydroxyl groups excluding tert-OH is 1. The summed E-state index contributed by atoms with van der Waals surface area (Å²) in [4.78, 5) is 75.6. The van der Waals surface area contributed by atoms with Crippen molar-refractivity contribution >= 4 is 35.3 Å². The number of non-ortho nitro benzene ring substituents is 1. The summed E-state index contributed by atoms with van der Waals surface area (Å²) < 4.78 is 5.09. The van der Waals surface area contributed by atoms with E-state index in [9.17, 15) is 39.2 Å². The number of β-lactam (4-membered cyclic amide) rings is 1. The highest BCUT2D eigenvalue weighted by atomic mass is 16.6. The van der Waals surface area contributed by atoms with Crippen LogP contribution in [0.3, 0.4) is 0 Å². The number of primary amides is 1. The summed E-state index contributed by atoms with van der Waals surface area (Å²) in [6.45, 7) is 4.10. The minimum absolute atomic E-state index is 0.0775. The Kier molecular flexibility index (Phi) is 7.79. The number of benzene rings is 1. The lowest BCUT2D eigenvalue weighted by molar-refractivity contribution is -0.384. The molecule has 0 aromatic heterocycles. The standard InChI is InChI=1S/C25H29N5O9/c1-12-17(11-28-8-7-15(10-28)22(33)27-9-18(26)32)21(29-20(12)19(13(2)31)23(29)34)25(36)39-24(35)14-3-5-16(6-4-14)30(37)38/h3-6,12-13,15,19-20,31H,7-11H2,1-2H3,(H2,26,32)(H,27,33)/t12-,13+,15-,19?,20+/m0/s1. The summed E-state index contributed by atoms with van der Waals surface area (Å²) in [5, 5.41) is 23.5. The van der Waals surface area contributed by atoms with E-state index in [0.29, 0.717) is 25.1 Å². The fourth-order valence-corrected chi connectivity index (χ4v) is 5.50. The number of likely N-dealkylation sites (tertiary alicyclic amines) is 1. The van der Waals surface area contributed by atoms with E-state index in [-0.39, 0.29) is 41.9 Å². The molecule has 0 spiro atoms. The Morgan fingerprint density at radius 2 is 1.90 bits per heavy atom. The lowest BCUT2D eigenvalue weighted by Gasteiger charge is -2.46. The van der Waals surface area contributed by atoms with Gasteiger partial charge in [0.1, 0.15) is 5.70 Å². The summed E-state index contributed by atoms with van der Waals surface area (Å²) >= 11 is 0. The van der Waals surface area contributed by atoms with E-state index in [2.05, 4.69) is 5.32 Å². The van der Waals surface area contributed by atoms with Gasteiger partial charge < -0.3 is 25.8 Å². The third kappa shape index (κ3) is 5.38. The van der Waals surface area contributed by atoms with Crippen LogP contribution in [0.25, 0.3) is 0 Å². The number of nitro groups is 1. The average Bonchev–Trinajstić information content (AvgIpc) is 3.44. The second-order valence-electron chi connectivity index (χ2n) is 10.0. The van der Waals surface area contributed by atoms with Crippen LogP contribution >= 0.6 is 0 Å². The second kappa shape index (κ2) is 10.9. The van der Waals surface area contributed by atoms with Gasteiger partial charge in [-0.15, -0.1) is 0 Å². The van der Waals surface area contributed by atoms with Crippen molar-refractivity contribution in [1.29, 1.82) is 0 Å². The SMILES string of the molecule is C[C@@H](O)C1C(=O)N2C(C(=O)OC(=O)c3ccc([N+](=O)[O-])cc3)=C(CN3CC[C@H](C(=O)NCC(N)=O)C3)[C@H](C)[C@H]12. The minimum Gasteiger partial charge on any atom is -0.393 e. The third-order valence-corrected chi connectivity index (χ3v) is 7.48. The maximum absolute atomic E-state index is 13.3. The molecule has 0 bridgehead atoms. The van der Waals surface area contributed by atoms with Crippen LogP contribution in [-0.2, 0) is 23.9 Å². The molecule has 0 radical (unpaired) electrons. The third-order valence-electron chi connectivity index (χ3n) is 7.48. The van der Waals surface area contributed by atoms with Crippen LogP contribution in [-0.4, -0.2) is 87.8 Å². The van der Waals surface area contributed by atoms with Crippen LogP contribution in [0.4, 0.5) is 5.69 Å². The van der Waals surface area contributed by atoms with E-state index in [1.807, 2.05) is 11.8 Å². The first-order valence-electron chi connectivity index (χ1n) is 12.4. The monoisotopic (exact) mass is 543 g/mol. The van der Waals surface area contributed by atoms with Crippen molar-refractivity contribution in [3.05, 3.63) is 51.2 Å². The Morgan fingerprint density at radius 1 is 1.23 bits per heavy atom. The second-order valence-corrected chi connectivity index (χ2v) is 10.0. The molecule has 3 amide bonds. The summed E-state index contributed by atoms with van der Waals surface area (Å²) in [6.07, 6.45) is -0.447. The van der Waals surface area contributed by atoms with Crippen molar-refractivity contribution in [2.24, 2.45) is 23.5 Å². The van der Waals surface area contributed by atoms with Crippen LogP contribution in [0.2, 0.25) is 0 Å². The van der Waals surface area contributed by atoms with Gasteiger partial charge in [0.15, 0.2) is 0 Å². The van der Waals surface area contributed by atoms with Crippen molar-refractivity contribution in [2.45, 2.75) is 32.4 Å². The molecule has 1 aromatic carbocycles. The number of fused-ring (bicyclic) bond motifs is 1. The maximum Gasteiger partial charge on any atom is 0.362 e. The number of nitrogens with two attached hydrogens (primary N) is 1. The first-order chi connectivity index (χ1) is 18.4. The summed E-state index contributed by atoms with van der Waals surface area (Å²) in [6, 6.07) is 4.04. The highest BCUT2D eigenvalue weighted by molar-refractivity contribution is 6.06. The molecule has 0 saturated carbocycles. The predicted octanol–water partition coefficient (Wildman–Crippen LogP) is -0.687. The van der Waals surface area contributed by atoms with Gasteiger partial charge in [0.05, 0.1) is 41.0 Å². The summed E-state index contributed by atoms with van der Waals surface area (Å²) in [5.41, 5.74) is 5.22. The molecule has 5 atom stereocenters. The first-order valence-corrected chi connectivity index (χ1v) is 12.4. The minimum atomic E-state index is -1.05. The van der Waals surface area contributed by atoms with Gasteiger partial charge in [-0.25, -0.2) is 9.59 Å². The fourth-order valence-electron chi connectivity index (χ4n) is 5.50. The van der Waals surface area contributed by atoms with Gasteiger partial charge in [-0.3, -0.25) is 29.4 Å². The van der Waals surface area contributed by atoms with Crippen LogP contribution in [0, 0.1) is 27.9 Å². The Balaban J connectivity index is 1.54. The van der Waals surface area contributed by atoms with Crippen molar-refractivity contribution in [3.8, 4) is 0 Å². The first kappa shape index (κ1) is 27.9. The van der Waals surface area contributed by atoms with E-state index in [4.69, 9.17) is 10.5 Å². The molecule has 208 valence electrons. The Labute approximate surface area is 222 Å². The van der Waals surface area contributed by atoms with Crippen molar-refractivity contribution in [2.75, 3.05) is 26.2 Å². The number of hydrogen-bond donors (Lipinski definition) is 3. The predicted molar refractivity (Wildman–Crippen MR) is 132 cm³/mol. The van der Waals surface area contributed by atoms with Crippen LogP contribution in [0.1, 0.15) is 30.6 Å². The molecular formula is C25H29N5O9. The van der Waals surface area contributed by atoms with Crippen molar-refractivity contribution in [1.82, 2.24) is 15.1 Å². The van der Waals surface area contributed by atoms with Gasteiger partial charge in [-0.05, 0) is 37.6 Å². The molecule has 3 aliphatic heterocycles. The van der Waals surface area contributed by atoms with Gasteiger partial charge in [0.25, 0.3) is 5.69 Å². The Hall–Kier alpha value is -4.17. The molecule has 4 N–H and O–H groups in total. The zero-order chi connectivity index (χ0) is 28.6. The van der Waals surface area contributed by atoms with Gasteiger partial charge in [0, 0.05) is 31.1 Å². The molecule has 1 aromatic rings. The molecule has 2 saturated heterocycles. The van der Waals surface area contributed by atoms with E-state index in [0.717, 1.165) is 24.3 Å². The molecule has 1 unspecified atom stereocenters. The summed E-state index contributed by atoms with van der Waals surface area (Å²) in [5.74, 6) is -4.98. The van der Waals surface area contributed by atoms with Crippen LogP contribution in [0.15, 0.2) is 35.5 Å². The highest BCUT2D eigenvalue weighted by Crippen LogP contribution is 2.47. The van der Waals surface area contributed by atoms with Crippen molar-refractivity contribution in [3.63, 3.8) is 0 Å². The molecule has 4 rings (SSSR count). The number of carbonyl (C=O) groups excluding carboxylic acids is 5. The van der Waals surface area contributed by atoms with Gasteiger partial charge in [-0.1, -0.05) is 6.92 Å². The van der Waals surface area contributed by atoms with E-state index >= 15 is 0 Å². The molecular weight excluding hydrogens is 514 g/mol. The van der Waals surface area contributed by atoms with Crippen LogP contribution in [0.5, 0.6) is 0 Å². The molecule has 14 heteroatoms. The number of nitrogens with zero attached hydrogens (tertiary/aromatic N) is 3.